The SMILES string of the molecule is c1ccc(N2c3ccccc3C3(c4ccccc42)c2ccccc2C2(c4ccccc4N(c4cc(-c5ccncc5)nc(-c5ccncc5)c4)c4ccccc42)c2ccccc23)cc1. The topological polar surface area (TPSA) is 45.2 Å². The molecule has 300 valence electrons. The minimum atomic E-state index is -0.683. The summed E-state index contributed by atoms with van der Waals surface area (Å²) in [5.74, 6) is 0. The molecule has 0 radical (unpaired) electrons. The van der Waals surface area contributed by atoms with Gasteiger partial charge in [0.15, 0.2) is 0 Å². The first-order valence-corrected chi connectivity index (χ1v) is 21.8. The first-order chi connectivity index (χ1) is 31.8. The Hall–Kier alpha value is -8.41. The van der Waals surface area contributed by atoms with E-state index in [0.717, 1.165) is 45.3 Å². The quantitative estimate of drug-likeness (QED) is 0.177. The van der Waals surface area contributed by atoms with E-state index in [0.29, 0.717) is 0 Å². The number of benzene rings is 7. The zero-order valence-corrected chi connectivity index (χ0v) is 34.8. The summed E-state index contributed by atoms with van der Waals surface area (Å²) >= 11 is 0. The van der Waals surface area contributed by atoms with E-state index in [1.165, 1.54) is 55.9 Å². The lowest BCUT2D eigenvalue weighted by Gasteiger charge is -2.56. The third-order valence-electron chi connectivity index (χ3n) is 13.7. The Labute approximate surface area is 372 Å². The van der Waals surface area contributed by atoms with Crippen molar-refractivity contribution in [2.45, 2.75) is 10.8 Å². The van der Waals surface area contributed by atoms with Gasteiger partial charge in [0.05, 0.1) is 50.7 Å². The molecule has 3 aliphatic rings. The largest absolute Gasteiger partial charge is 0.310 e. The van der Waals surface area contributed by atoms with Crippen LogP contribution in [0, 0.1) is 0 Å². The number of hydrogen-bond acceptors (Lipinski definition) is 5. The number of para-hydroxylation sites is 5. The van der Waals surface area contributed by atoms with Crippen LogP contribution in [0.3, 0.4) is 0 Å². The molecule has 3 aromatic heterocycles. The molecule has 0 unspecified atom stereocenters. The summed E-state index contributed by atoms with van der Waals surface area (Å²) in [7, 11) is 0. The van der Waals surface area contributed by atoms with Crippen molar-refractivity contribution in [1.82, 2.24) is 15.0 Å². The van der Waals surface area contributed by atoms with Gasteiger partial charge in [0.1, 0.15) is 0 Å². The van der Waals surface area contributed by atoms with Crippen molar-refractivity contribution >= 4 is 34.1 Å². The van der Waals surface area contributed by atoms with Crippen molar-refractivity contribution < 1.29 is 0 Å². The lowest BCUT2D eigenvalue weighted by atomic mass is 9.49. The van der Waals surface area contributed by atoms with E-state index < -0.39 is 10.8 Å². The van der Waals surface area contributed by atoms with Crippen LogP contribution in [-0.2, 0) is 10.8 Å². The van der Waals surface area contributed by atoms with Crippen molar-refractivity contribution in [3.8, 4) is 22.5 Å². The summed E-state index contributed by atoms with van der Waals surface area (Å²) in [6, 6.07) is 78.1. The van der Waals surface area contributed by atoms with Crippen LogP contribution in [-0.4, -0.2) is 15.0 Å². The Balaban J connectivity index is 1.12. The molecule has 0 saturated carbocycles. The van der Waals surface area contributed by atoms with Crippen LogP contribution in [0.25, 0.3) is 22.5 Å². The monoisotopic (exact) mass is 817 g/mol. The van der Waals surface area contributed by atoms with Gasteiger partial charge in [-0.1, -0.05) is 140 Å². The number of fused-ring (bicyclic) bond motifs is 14. The van der Waals surface area contributed by atoms with Crippen LogP contribution in [0.1, 0.15) is 44.5 Å². The summed E-state index contributed by atoms with van der Waals surface area (Å²) in [6.45, 7) is 0. The summed E-state index contributed by atoms with van der Waals surface area (Å²) in [6.07, 6.45) is 7.33. The fraction of sp³-hybridized carbons (Fsp3) is 0.0339. The van der Waals surface area contributed by atoms with Gasteiger partial charge < -0.3 is 9.80 Å². The molecule has 5 nitrogen and oxygen atoms in total. The molecule has 7 aromatic carbocycles. The molecule has 1 aliphatic carbocycles. The first kappa shape index (κ1) is 36.3. The minimum absolute atomic E-state index is 0.637. The smallest absolute Gasteiger partial charge is 0.0748 e. The standard InChI is InChI=1S/C59H39N5/c1-2-16-42(17-3-1)63-54-26-12-8-22-48(54)58(49-23-9-13-27-55(49)63)44-18-4-6-20-46(44)59(47-21-7-5-19-45(47)58)50-24-10-14-28-56(50)64(57-29-15-11-25-51(57)59)43-38-52(40-30-34-60-35-31-40)62-53(39-43)41-32-36-61-37-33-41/h1-39H. The number of nitrogens with zero attached hydrogens (tertiary/aromatic N) is 5. The Morgan fingerprint density at radius 1 is 0.281 bits per heavy atom. The Kier molecular flexibility index (Phi) is 7.97. The number of pyridine rings is 3. The van der Waals surface area contributed by atoms with Crippen LogP contribution in [0.15, 0.2) is 237 Å². The molecule has 2 aliphatic heterocycles. The van der Waals surface area contributed by atoms with Gasteiger partial charge in [-0.2, -0.15) is 0 Å². The lowest BCUT2D eigenvalue weighted by Crippen LogP contribution is -2.49. The Bertz CT molecular complexity index is 3220. The summed E-state index contributed by atoms with van der Waals surface area (Å²) in [4.78, 5) is 18.8. The first-order valence-electron chi connectivity index (χ1n) is 21.8. The fourth-order valence-electron chi connectivity index (χ4n) is 11.3. The molecular weight excluding hydrogens is 779 g/mol. The number of anilines is 6. The van der Waals surface area contributed by atoms with E-state index in [1.807, 2.05) is 49.1 Å². The second-order valence-corrected chi connectivity index (χ2v) is 16.7. The van der Waals surface area contributed by atoms with Gasteiger partial charge in [-0.3, -0.25) is 9.97 Å². The fourth-order valence-corrected chi connectivity index (χ4v) is 11.3. The van der Waals surface area contributed by atoms with E-state index >= 15 is 0 Å². The third kappa shape index (κ3) is 4.92. The van der Waals surface area contributed by atoms with Gasteiger partial charge in [-0.25, -0.2) is 4.98 Å². The van der Waals surface area contributed by atoms with E-state index in [2.05, 4.69) is 208 Å². The zero-order chi connectivity index (χ0) is 42.2. The van der Waals surface area contributed by atoms with E-state index in [1.54, 1.807) is 0 Å². The molecular formula is C59H39N5. The molecule has 0 N–H and O–H groups in total. The zero-order valence-electron chi connectivity index (χ0n) is 34.8. The molecule has 13 rings (SSSR count). The maximum absolute atomic E-state index is 5.25. The summed E-state index contributed by atoms with van der Waals surface area (Å²) in [5, 5.41) is 0. The van der Waals surface area contributed by atoms with Crippen LogP contribution in [0.4, 0.5) is 34.1 Å². The molecule has 0 amide bonds. The predicted molar refractivity (Wildman–Crippen MR) is 257 cm³/mol. The van der Waals surface area contributed by atoms with Gasteiger partial charge in [-0.05, 0) is 117 Å². The molecule has 2 spiro atoms. The van der Waals surface area contributed by atoms with Gasteiger partial charge in [-0.15, -0.1) is 0 Å². The van der Waals surface area contributed by atoms with Gasteiger partial charge >= 0.3 is 0 Å². The Morgan fingerprint density at radius 2 is 0.578 bits per heavy atom. The summed E-state index contributed by atoms with van der Waals surface area (Å²) < 4.78 is 0. The minimum Gasteiger partial charge on any atom is -0.310 e. The average molecular weight is 818 g/mol. The van der Waals surface area contributed by atoms with Crippen molar-refractivity contribution in [3.63, 3.8) is 0 Å². The van der Waals surface area contributed by atoms with Crippen LogP contribution in [0.5, 0.6) is 0 Å². The Morgan fingerprint density at radius 3 is 0.938 bits per heavy atom. The third-order valence-corrected chi connectivity index (χ3v) is 13.7. The maximum atomic E-state index is 5.25. The normalized spacial score (nSPS) is 14.4. The average Bonchev–Trinajstić information content (AvgIpc) is 3.38. The summed E-state index contributed by atoms with van der Waals surface area (Å²) in [5.41, 5.74) is 19.2. The second-order valence-electron chi connectivity index (χ2n) is 16.7. The van der Waals surface area contributed by atoms with Crippen molar-refractivity contribution in [1.29, 1.82) is 0 Å². The molecule has 0 fully saturated rings. The molecule has 5 heterocycles. The number of hydrogen-bond donors (Lipinski definition) is 0. The molecule has 64 heavy (non-hydrogen) atoms. The van der Waals surface area contributed by atoms with E-state index in [9.17, 15) is 0 Å². The number of aromatic nitrogens is 3. The lowest BCUT2D eigenvalue weighted by molar-refractivity contribution is 0.607. The number of rotatable bonds is 4. The van der Waals surface area contributed by atoms with Gasteiger partial charge in [0.2, 0.25) is 0 Å². The van der Waals surface area contributed by atoms with Crippen LogP contribution in [0.2, 0.25) is 0 Å². The predicted octanol–water partition coefficient (Wildman–Crippen LogP) is 13.9. The van der Waals surface area contributed by atoms with Crippen molar-refractivity contribution in [2.24, 2.45) is 0 Å². The molecule has 5 heteroatoms. The highest BCUT2D eigenvalue weighted by molar-refractivity contribution is 5.96. The van der Waals surface area contributed by atoms with Crippen LogP contribution >= 0.6 is 0 Å². The van der Waals surface area contributed by atoms with Gasteiger partial charge in [0, 0.05) is 41.6 Å². The highest BCUT2D eigenvalue weighted by atomic mass is 15.2. The van der Waals surface area contributed by atoms with Crippen molar-refractivity contribution in [3.05, 3.63) is 282 Å². The molecule has 0 atom stereocenters. The van der Waals surface area contributed by atoms with E-state index in [-0.39, 0.29) is 0 Å². The maximum Gasteiger partial charge on any atom is 0.0748 e. The molecule has 0 bridgehead atoms. The molecule has 10 aromatic rings. The van der Waals surface area contributed by atoms with E-state index in [4.69, 9.17) is 4.98 Å². The van der Waals surface area contributed by atoms with Crippen molar-refractivity contribution in [2.75, 3.05) is 9.80 Å². The highest BCUT2D eigenvalue weighted by Gasteiger charge is 2.58. The van der Waals surface area contributed by atoms with Gasteiger partial charge in [0.25, 0.3) is 0 Å². The molecule has 0 saturated heterocycles. The van der Waals surface area contributed by atoms with Crippen LogP contribution < -0.4 is 9.80 Å². The second kappa shape index (κ2) is 14.1. The highest BCUT2D eigenvalue weighted by Crippen LogP contribution is 2.68.